The van der Waals surface area contributed by atoms with Crippen LogP contribution >= 0.6 is 15.9 Å². The average Bonchev–Trinajstić information content (AvgIpc) is 2.74. The predicted octanol–water partition coefficient (Wildman–Crippen LogP) is 4.26. The highest BCUT2D eigenvalue weighted by atomic mass is 79.9. The minimum absolute atomic E-state index is 0.0275. The summed E-state index contributed by atoms with van der Waals surface area (Å²) in [5.74, 6) is 1.10. The Morgan fingerprint density at radius 2 is 1.86 bits per heavy atom. The number of nitrogens with zero attached hydrogens (tertiary/aromatic N) is 3. The number of para-hydroxylation sites is 2. The van der Waals surface area contributed by atoms with Gasteiger partial charge in [0.1, 0.15) is 0 Å². The molecule has 1 fully saturated rings. The molecule has 1 aliphatic rings. The summed E-state index contributed by atoms with van der Waals surface area (Å²) in [7, 11) is 1.60. The van der Waals surface area contributed by atoms with Crippen LogP contribution in [-0.2, 0) is 4.79 Å². The van der Waals surface area contributed by atoms with E-state index >= 15 is 0 Å². The number of methoxy groups -OCH3 is 1. The summed E-state index contributed by atoms with van der Waals surface area (Å²) in [6.07, 6.45) is 1.76. The van der Waals surface area contributed by atoms with Crippen molar-refractivity contribution < 1.29 is 9.53 Å². The molecule has 144 valence electrons. The fraction of sp³-hybridized carbons (Fsp3) is 0.286. The topological polar surface area (TPSA) is 67.4 Å². The zero-order chi connectivity index (χ0) is 19.5. The number of fused-ring (bicyclic) bond motifs is 1. The quantitative estimate of drug-likeness (QED) is 0.656. The molecular formula is C21H21BrN4O2. The number of carbonyl (C=O) groups is 1. The van der Waals surface area contributed by atoms with Gasteiger partial charge in [0.05, 0.1) is 24.1 Å². The molecule has 1 aliphatic heterocycles. The number of hydrogen-bond acceptors (Lipinski definition) is 5. The molecule has 2 aromatic carbocycles. The van der Waals surface area contributed by atoms with Crippen LogP contribution in [0.4, 0.5) is 11.5 Å². The Balaban J connectivity index is 1.54. The second kappa shape index (κ2) is 8.14. The van der Waals surface area contributed by atoms with Gasteiger partial charge in [0.25, 0.3) is 5.88 Å². The maximum absolute atomic E-state index is 12.8. The molecule has 7 heteroatoms. The number of hydrogen-bond donors (Lipinski definition) is 1. The van der Waals surface area contributed by atoms with Crippen LogP contribution in [0.1, 0.15) is 12.8 Å². The van der Waals surface area contributed by atoms with Crippen LogP contribution in [0.2, 0.25) is 0 Å². The molecule has 0 saturated carbocycles. The SMILES string of the molecule is COc1nc2ccccc2nc1N1CCC[C@@H](C(=O)Nc2ccc(Br)cc2)C1. The van der Waals surface area contributed by atoms with Gasteiger partial charge < -0.3 is 15.0 Å². The lowest BCUT2D eigenvalue weighted by Crippen LogP contribution is -2.41. The molecule has 1 saturated heterocycles. The molecule has 1 aromatic heterocycles. The lowest BCUT2D eigenvalue weighted by molar-refractivity contribution is -0.120. The summed E-state index contributed by atoms with van der Waals surface area (Å²) in [6, 6.07) is 15.3. The number of benzene rings is 2. The predicted molar refractivity (Wildman–Crippen MR) is 114 cm³/mol. The molecule has 28 heavy (non-hydrogen) atoms. The van der Waals surface area contributed by atoms with Gasteiger partial charge in [-0.15, -0.1) is 0 Å². The summed E-state index contributed by atoms with van der Waals surface area (Å²) in [4.78, 5) is 24.2. The van der Waals surface area contributed by atoms with Crippen LogP contribution in [-0.4, -0.2) is 36.1 Å². The number of aromatic nitrogens is 2. The van der Waals surface area contributed by atoms with E-state index in [1.807, 2.05) is 48.5 Å². The smallest absolute Gasteiger partial charge is 0.257 e. The Kier molecular flexibility index (Phi) is 5.43. The molecule has 3 aromatic rings. The number of nitrogens with one attached hydrogen (secondary N) is 1. The summed E-state index contributed by atoms with van der Waals surface area (Å²) >= 11 is 3.41. The molecule has 6 nitrogen and oxygen atoms in total. The first kappa shape index (κ1) is 18.7. The van der Waals surface area contributed by atoms with Crippen LogP contribution < -0.4 is 15.0 Å². The number of amides is 1. The molecular weight excluding hydrogens is 420 g/mol. The van der Waals surface area contributed by atoms with Crippen molar-refractivity contribution in [1.82, 2.24) is 9.97 Å². The number of ether oxygens (including phenoxy) is 1. The second-order valence-corrected chi connectivity index (χ2v) is 7.74. The molecule has 0 unspecified atom stereocenters. The fourth-order valence-electron chi connectivity index (χ4n) is 3.48. The molecule has 2 heterocycles. The third-order valence-corrected chi connectivity index (χ3v) is 5.45. The summed E-state index contributed by atoms with van der Waals surface area (Å²) in [6.45, 7) is 1.41. The first-order valence-corrected chi connectivity index (χ1v) is 10.1. The van der Waals surface area contributed by atoms with Crippen molar-refractivity contribution in [2.45, 2.75) is 12.8 Å². The van der Waals surface area contributed by atoms with Crippen molar-refractivity contribution >= 4 is 44.4 Å². The lowest BCUT2D eigenvalue weighted by Gasteiger charge is -2.33. The van der Waals surface area contributed by atoms with E-state index in [9.17, 15) is 4.79 Å². The van der Waals surface area contributed by atoms with E-state index in [1.54, 1.807) is 7.11 Å². The van der Waals surface area contributed by atoms with Crippen molar-refractivity contribution in [3.05, 3.63) is 53.0 Å². The van der Waals surface area contributed by atoms with Gasteiger partial charge in [-0.1, -0.05) is 28.1 Å². The zero-order valence-electron chi connectivity index (χ0n) is 15.6. The highest BCUT2D eigenvalue weighted by molar-refractivity contribution is 9.10. The van der Waals surface area contributed by atoms with Gasteiger partial charge in [-0.05, 0) is 49.2 Å². The fourth-order valence-corrected chi connectivity index (χ4v) is 3.74. The Labute approximate surface area is 172 Å². The van der Waals surface area contributed by atoms with E-state index in [-0.39, 0.29) is 11.8 Å². The highest BCUT2D eigenvalue weighted by Crippen LogP contribution is 2.30. The van der Waals surface area contributed by atoms with Gasteiger partial charge in [-0.2, -0.15) is 0 Å². The zero-order valence-corrected chi connectivity index (χ0v) is 17.1. The minimum Gasteiger partial charge on any atom is -0.478 e. The van der Waals surface area contributed by atoms with Gasteiger partial charge in [-0.3, -0.25) is 4.79 Å². The largest absolute Gasteiger partial charge is 0.478 e. The van der Waals surface area contributed by atoms with Gasteiger partial charge in [0, 0.05) is 23.2 Å². The second-order valence-electron chi connectivity index (χ2n) is 6.83. The Morgan fingerprint density at radius 3 is 2.57 bits per heavy atom. The van der Waals surface area contributed by atoms with Crippen LogP contribution in [0.15, 0.2) is 53.0 Å². The molecule has 0 aliphatic carbocycles. The van der Waals surface area contributed by atoms with Crippen molar-refractivity contribution in [3.8, 4) is 5.88 Å². The summed E-state index contributed by atoms with van der Waals surface area (Å²) < 4.78 is 6.47. The van der Waals surface area contributed by atoms with Crippen LogP contribution in [0, 0.1) is 5.92 Å². The number of carbonyl (C=O) groups excluding carboxylic acids is 1. The number of halogens is 1. The average molecular weight is 441 g/mol. The van der Waals surface area contributed by atoms with Gasteiger partial charge in [0.15, 0.2) is 5.82 Å². The van der Waals surface area contributed by atoms with Gasteiger partial charge >= 0.3 is 0 Å². The molecule has 4 rings (SSSR count). The van der Waals surface area contributed by atoms with Crippen LogP contribution in [0.5, 0.6) is 5.88 Å². The Morgan fingerprint density at radius 1 is 1.14 bits per heavy atom. The van der Waals surface area contributed by atoms with E-state index in [1.165, 1.54) is 0 Å². The number of rotatable bonds is 4. The standard InChI is InChI=1S/C21H21BrN4O2/c1-28-21-19(24-17-6-2-3-7-18(17)25-21)26-12-4-5-14(13-26)20(27)23-16-10-8-15(22)9-11-16/h2-3,6-11,14H,4-5,12-13H2,1H3,(H,23,27)/t14-/m1/s1. The highest BCUT2D eigenvalue weighted by Gasteiger charge is 2.28. The first-order valence-electron chi connectivity index (χ1n) is 9.26. The third-order valence-electron chi connectivity index (χ3n) is 4.92. The number of piperidine rings is 1. The van der Waals surface area contributed by atoms with Gasteiger partial charge in [-0.25, -0.2) is 9.97 Å². The summed E-state index contributed by atoms with van der Waals surface area (Å²) in [5.41, 5.74) is 2.41. The van der Waals surface area contributed by atoms with E-state index in [0.717, 1.165) is 40.6 Å². The monoisotopic (exact) mass is 440 g/mol. The molecule has 0 radical (unpaired) electrons. The normalized spacial score (nSPS) is 16.8. The third kappa shape index (κ3) is 3.94. The molecule has 1 amide bonds. The summed E-state index contributed by atoms with van der Waals surface area (Å²) in [5, 5.41) is 3.02. The maximum atomic E-state index is 12.8. The van der Waals surface area contributed by atoms with Crippen molar-refractivity contribution in [1.29, 1.82) is 0 Å². The van der Waals surface area contributed by atoms with Crippen molar-refractivity contribution in [3.63, 3.8) is 0 Å². The van der Waals surface area contributed by atoms with Crippen molar-refractivity contribution in [2.75, 3.05) is 30.4 Å². The Bertz CT molecular complexity index is 993. The Hall–Kier alpha value is -2.67. The number of anilines is 2. The molecule has 1 atom stereocenters. The minimum atomic E-state index is -0.115. The van der Waals surface area contributed by atoms with E-state index in [0.29, 0.717) is 18.2 Å². The van der Waals surface area contributed by atoms with Crippen LogP contribution in [0.3, 0.4) is 0 Å². The molecule has 0 bridgehead atoms. The lowest BCUT2D eigenvalue weighted by atomic mass is 9.97. The first-order chi connectivity index (χ1) is 13.6. The van der Waals surface area contributed by atoms with Crippen molar-refractivity contribution in [2.24, 2.45) is 5.92 Å². The molecule has 1 N–H and O–H groups in total. The maximum Gasteiger partial charge on any atom is 0.257 e. The van der Waals surface area contributed by atoms with E-state index in [4.69, 9.17) is 9.72 Å². The van der Waals surface area contributed by atoms with Crippen LogP contribution in [0.25, 0.3) is 11.0 Å². The van der Waals surface area contributed by atoms with E-state index in [2.05, 4.69) is 31.1 Å². The van der Waals surface area contributed by atoms with E-state index < -0.39 is 0 Å². The van der Waals surface area contributed by atoms with Gasteiger partial charge in [0.2, 0.25) is 5.91 Å². The molecule has 0 spiro atoms.